The van der Waals surface area contributed by atoms with Gasteiger partial charge in [-0.3, -0.25) is 9.59 Å². The minimum atomic E-state index is -0.245. The molecule has 7 heteroatoms. The van der Waals surface area contributed by atoms with Crippen LogP contribution in [0, 0.1) is 0 Å². The summed E-state index contributed by atoms with van der Waals surface area (Å²) in [4.78, 5) is 32.1. The average molecular weight is 335 g/mol. The van der Waals surface area contributed by atoms with Gasteiger partial charge in [-0.1, -0.05) is 0 Å². The number of anilines is 2. The Bertz CT molecular complexity index is 913. The quantitative estimate of drug-likeness (QED) is 0.729. The molecule has 1 aliphatic rings. The zero-order valence-corrected chi connectivity index (χ0v) is 13.9. The molecule has 0 atom stereocenters. The molecule has 2 heterocycles. The number of aromatic nitrogens is 2. The number of carbonyl (C=O) groups excluding carboxylic acids is 2. The van der Waals surface area contributed by atoms with Crippen LogP contribution in [-0.2, 0) is 4.79 Å². The van der Waals surface area contributed by atoms with Gasteiger partial charge in [0.15, 0.2) is 0 Å². The largest absolute Gasteiger partial charge is 0.372 e. The van der Waals surface area contributed by atoms with Crippen LogP contribution in [0.1, 0.15) is 23.7 Å². The second-order valence-corrected chi connectivity index (χ2v) is 5.47. The summed E-state index contributed by atoms with van der Waals surface area (Å²) < 4.78 is 0. The maximum Gasteiger partial charge on any atom is 0.259 e. The molecule has 0 radical (unpaired) electrons. The summed E-state index contributed by atoms with van der Waals surface area (Å²) in [5.74, 6) is 0.486. The average Bonchev–Trinajstić information content (AvgIpc) is 2.57. The smallest absolute Gasteiger partial charge is 0.259 e. The van der Waals surface area contributed by atoms with Crippen molar-refractivity contribution < 1.29 is 9.59 Å². The Kier molecular flexibility index (Phi) is 4.59. The fourth-order valence-corrected chi connectivity index (χ4v) is 2.35. The van der Waals surface area contributed by atoms with Gasteiger partial charge < -0.3 is 16.0 Å². The van der Waals surface area contributed by atoms with E-state index >= 15 is 0 Å². The van der Waals surface area contributed by atoms with Crippen molar-refractivity contribution >= 4 is 23.5 Å². The zero-order chi connectivity index (χ0) is 17.8. The van der Waals surface area contributed by atoms with Crippen molar-refractivity contribution in [3.8, 4) is 11.1 Å². The van der Waals surface area contributed by atoms with Crippen molar-refractivity contribution in [2.45, 2.75) is 13.3 Å². The van der Waals surface area contributed by atoms with E-state index < -0.39 is 0 Å². The van der Waals surface area contributed by atoms with Gasteiger partial charge in [0, 0.05) is 38.3 Å². The molecular formula is C18H17N5O2. The highest BCUT2D eigenvalue weighted by Crippen LogP contribution is 2.25. The molecule has 0 saturated heterocycles. The lowest BCUT2D eigenvalue weighted by molar-refractivity contribution is -0.114. The molecule has 3 rings (SSSR count). The molecule has 0 aromatic carbocycles. The van der Waals surface area contributed by atoms with Crippen molar-refractivity contribution in [1.82, 2.24) is 15.3 Å². The van der Waals surface area contributed by atoms with Crippen LogP contribution in [0.2, 0.25) is 0 Å². The van der Waals surface area contributed by atoms with Gasteiger partial charge in [0.1, 0.15) is 11.6 Å². The molecule has 0 unspecified atom stereocenters. The first-order valence-electron chi connectivity index (χ1n) is 7.74. The lowest BCUT2D eigenvalue weighted by atomic mass is 10.1. The first kappa shape index (κ1) is 16.4. The SMILES string of the molecule is CNc1ncc(-c2ccnc(NC(C)=O)c2)cc1C(=O)NC1=C=CC1. The lowest BCUT2D eigenvalue weighted by Crippen LogP contribution is -2.25. The molecule has 0 saturated carbocycles. The van der Waals surface area contributed by atoms with E-state index in [0.717, 1.165) is 16.8 Å². The first-order valence-corrected chi connectivity index (χ1v) is 7.74. The van der Waals surface area contributed by atoms with Crippen molar-refractivity contribution in [3.63, 3.8) is 0 Å². The summed E-state index contributed by atoms with van der Waals surface area (Å²) in [7, 11) is 1.71. The highest BCUT2D eigenvalue weighted by molar-refractivity contribution is 6.01. The molecule has 25 heavy (non-hydrogen) atoms. The summed E-state index contributed by atoms with van der Waals surface area (Å²) in [6, 6.07) is 5.28. The van der Waals surface area contributed by atoms with E-state index in [1.807, 2.05) is 6.08 Å². The van der Waals surface area contributed by atoms with Crippen LogP contribution < -0.4 is 16.0 Å². The maximum atomic E-state index is 12.5. The highest BCUT2D eigenvalue weighted by atomic mass is 16.2. The third-order valence-corrected chi connectivity index (χ3v) is 3.61. The molecule has 126 valence electrons. The van der Waals surface area contributed by atoms with Gasteiger partial charge in [-0.05, 0) is 29.8 Å². The van der Waals surface area contributed by atoms with Gasteiger partial charge in [-0.15, -0.1) is 5.73 Å². The number of pyridine rings is 2. The monoisotopic (exact) mass is 335 g/mol. The molecule has 3 N–H and O–H groups in total. The Balaban J connectivity index is 1.94. The molecule has 0 bridgehead atoms. The van der Waals surface area contributed by atoms with Crippen LogP contribution >= 0.6 is 0 Å². The molecule has 1 aliphatic carbocycles. The van der Waals surface area contributed by atoms with Crippen LogP contribution in [-0.4, -0.2) is 28.8 Å². The number of carbonyl (C=O) groups is 2. The number of nitrogens with one attached hydrogen (secondary N) is 3. The van der Waals surface area contributed by atoms with Crippen LogP contribution in [0.3, 0.4) is 0 Å². The number of hydrogen-bond donors (Lipinski definition) is 3. The summed E-state index contributed by atoms with van der Waals surface area (Å²) >= 11 is 0. The third kappa shape index (κ3) is 3.73. The van der Waals surface area contributed by atoms with E-state index in [4.69, 9.17) is 0 Å². The third-order valence-electron chi connectivity index (χ3n) is 3.61. The van der Waals surface area contributed by atoms with Crippen molar-refractivity contribution in [2.24, 2.45) is 0 Å². The Labute approximate surface area is 144 Å². The number of rotatable bonds is 5. The number of hydrogen-bond acceptors (Lipinski definition) is 5. The van der Waals surface area contributed by atoms with E-state index in [1.54, 1.807) is 37.6 Å². The standard InChI is InChI=1S/C18H17N5O2/c1-11(24)22-16-9-12(6-7-20-16)13-8-15(17(19-2)21-10-13)18(25)23-14-4-3-5-14/h3,6-10H,4H2,1-2H3,(H,19,21)(H,23,25)(H,20,22,24). The second-order valence-electron chi connectivity index (χ2n) is 5.47. The summed E-state index contributed by atoms with van der Waals surface area (Å²) in [6.07, 6.45) is 5.82. The van der Waals surface area contributed by atoms with Gasteiger partial charge in [-0.2, -0.15) is 0 Å². The van der Waals surface area contributed by atoms with Crippen LogP contribution in [0.4, 0.5) is 11.6 Å². The summed E-state index contributed by atoms with van der Waals surface area (Å²) in [5.41, 5.74) is 5.66. The molecule has 7 nitrogen and oxygen atoms in total. The predicted molar refractivity (Wildman–Crippen MR) is 95.0 cm³/mol. The summed E-state index contributed by atoms with van der Waals surface area (Å²) in [6.45, 7) is 1.42. The van der Waals surface area contributed by atoms with E-state index in [1.165, 1.54) is 6.92 Å². The Morgan fingerprint density at radius 2 is 1.96 bits per heavy atom. The maximum absolute atomic E-state index is 12.5. The molecule has 0 aliphatic heterocycles. The van der Waals surface area contributed by atoms with Crippen LogP contribution in [0.15, 0.2) is 48.1 Å². The van der Waals surface area contributed by atoms with Gasteiger partial charge in [-0.25, -0.2) is 9.97 Å². The Morgan fingerprint density at radius 1 is 1.16 bits per heavy atom. The van der Waals surface area contributed by atoms with Gasteiger partial charge >= 0.3 is 0 Å². The molecular weight excluding hydrogens is 318 g/mol. The van der Waals surface area contributed by atoms with E-state index in [9.17, 15) is 9.59 Å². The molecule has 0 spiro atoms. The normalized spacial score (nSPS) is 12.0. The lowest BCUT2D eigenvalue weighted by Gasteiger charge is -2.13. The van der Waals surface area contributed by atoms with E-state index in [-0.39, 0.29) is 11.8 Å². The molecule has 2 aromatic rings. The van der Waals surface area contributed by atoms with Crippen LogP contribution in [0.25, 0.3) is 11.1 Å². The van der Waals surface area contributed by atoms with Gasteiger partial charge in [0.05, 0.1) is 11.3 Å². The first-order chi connectivity index (χ1) is 12.1. The van der Waals surface area contributed by atoms with Gasteiger partial charge in [0.2, 0.25) is 5.91 Å². The van der Waals surface area contributed by atoms with Crippen molar-refractivity contribution in [2.75, 3.05) is 17.7 Å². The van der Waals surface area contributed by atoms with Gasteiger partial charge in [0.25, 0.3) is 5.91 Å². The highest BCUT2D eigenvalue weighted by Gasteiger charge is 2.16. The molecule has 2 amide bonds. The topological polar surface area (TPSA) is 96.0 Å². The fourth-order valence-electron chi connectivity index (χ4n) is 2.35. The van der Waals surface area contributed by atoms with Crippen molar-refractivity contribution in [3.05, 3.63) is 53.7 Å². The van der Waals surface area contributed by atoms with Crippen molar-refractivity contribution in [1.29, 1.82) is 0 Å². The minimum absolute atomic E-state index is 0.199. The zero-order valence-electron chi connectivity index (χ0n) is 13.9. The number of amides is 2. The number of nitrogens with zero attached hydrogens (tertiary/aromatic N) is 2. The minimum Gasteiger partial charge on any atom is -0.372 e. The van der Waals surface area contributed by atoms with Crippen LogP contribution in [0.5, 0.6) is 0 Å². The molecule has 2 aromatic heterocycles. The fraction of sp³-hybridized carbons (Fsp3) is 0.167. The van der Waals surface area contributed by atoms with E-state index in [0.29, 0.717) is 23.6 Å². The predicted octanol–water partition coefficient (Wildman–Crippen LogP) is 2.32. The van der Waals surface area contributed by atoms with E-state index in [2.05, 4.69) is 31.6 Å². The Hall–Kier alpha value is -3.44. The second kappa shape index (κ2) is 6.98. The summed E-state index contributed by atoms with van der Waals surface area (Å²) in [5, 5.41) is 8.37. The molecule has 0 fully saturated rings. The Morgan fingerprint density at radius 3 is 2.60 bits per heavy atom.